The summed E-state index contributed by atoms with van der Waals surface area (Å²) in [6.07, 6.45) is -0.219. The van der Waals surface area contributed by atoms with Crippen molar-refractivity contribution in [3.05, 3.63) is 35.4 Å². The monoisotopic (exact) mass is 300 g/mol. The van der Waals surface area contributed by atoms with Crippen LogP contribution in [0.15, 0.2) is 24.3 Å². The second-order valence-electron chi connectivity index (χ2n) is 4.65. The Balaban J connectivity index is 1.93. The van der Waals surface area contributed by atoms with Gasteiger partial charge in [-0.1, -0.05) is 24.3 Å². The second-order valence-corrected chi connectivity index (χ2v) is 6.45. The Morgan fingerprint density at radius 3 is 2.65 bits per heavy atom. The van der Waals surface area contributed by atoms with Gasteiger partial charge in [-0.15, -0.1) is 0 Å². The molecule has 112 valence electrons. The molecule has 2 rings (SSSR count). The number of hydrogen-bond acceptors (Lipinski definition) is 5. The first-order valence-corrected chi connectivity index (χ1v) is 8.19. The maximum absolute atomic E-state index is 12.1. The third kappa shape index (κ3) is 4.53. The highest BCUT2D eigenvalue weighted by molar-refractivity contribution is 7.88. The number of benzene rings is 1. The van der Waals surface area contributed by atoms with E-state index in [4.69, 9.17) is 15.2 Å². The average molecular weight is 300 g/mol. The molecule has 6 nitrogen and oxygen atoms in total. The van der Waals surface area contributed by atoms with Gasteiger partial charge >= 0.3 is 0 Å². The third-order valence-corrected chi connectivity index (χ3v) is 4.40. The molecule has 1 aliphatic heterocycles. The highest BCUT2D eigenvalue weighted by Crippen LogP contribution is 2.11. The van der Waals surface area contributed by atoms with Gasteiger partial charge in [-0.05, 0) is 11.1 Å². The van der Waals surface area contributed by atoms with Crippen molar-refractivity contribution in [1.29, 1.82) is 0 Å². The van der Waals surface area contributed by atoms with Gasteiger partial charge < -0.3 is 15.2 Å². The number of hydrogen-bond donors (Lipinski definition) is 2. The molecule has 1 aromatic carbocycles. The first-order chi connectivity index (χ1) is 9.61. The molecule has 1 aromatic rings. The first-order valence-electron chi connectivity index (χ1n) is 6.54. The van der Waals surface area contributed by atoms with Gasteiger partial charge in [-0.3, -0.25) is 0 Å². The normalized spacial score (nSPS) is 19.9. The summed E-state index contributed by atoms with van der Waals surface area (Å²) in [6.45, 7) is 2.04. The Morgan fingerprint density at radius 2 is 2.00 bits per heavy atom. The highest BCUT2D eigenvalue weighted by Gasteiger charge is 2.19. The van der Waals surface area contributed by atoms with Crippen LogP contribution in [-0.4, -0.2) is 40.9 Å². The maximum atomic E-state index is 12.1. The standard InChI is InChI=1S/C13H20N2O4S/c14-7-11-3-1-2-4-12(11)10-20(16,17)15-8-13-9-18-5-6-19-13/h1-4,13,15H,5-10,14H2. The van der Waals surface area contributed by atoms with Crippen LogP contribution in [-0.2, 0) is 31.8 Å². The van der Waals surface area contributed by atoms with Crippen molar-refractivity contribution >= 4 is 10.0 Å². The van der Waals surface area contributed by atoms with Crippen LogP contribution >= 0.6 is 0 Å². The van der Waals surface area contributed by atoms with E-state index in [-0.39, 0.29) is 18.4 Å². The van der Waals surface area contributed by atoms with Gasteiger partial charge in [0, 0.05) is 13.1 Å². The van der Waals surface area contributed by atoms with Crippen molar-refractivity contribution in [1.82, 2.24) is 4.72 Å². The third-order valence-electron chi connectivity index (χ3n) is 3.10. The number of nitrogens with one attached hydrogen (secondary N) is 1. The molecule has 3 N–H and O–H groups in total. The quantitative estimate of drug-likeness (QED) is 0.770. The predicted octanol–water partition coefficient (Wildman–Crippen LogP) is -0.0199. The molecule has 0 amide bonds. The summed E-state index contributed by atoms with van der Waals surface area (Å²) in [6, 6.07) is 7.27. The molecule has 0 spiro atoms. The van der Waals surface area contributed by atoms with Gasteiger partial charge in [0.25, 0.3) is 0 Å². The number of sulfonamides is 1. The molecule has 0 radical (unpaired) electrons. The predicted molar refractivity (Wildman–Crippen MR) is 75.5 cm³/mol. The molecule has 1 atom stereocenters. The minimum absolute atomic E-state index is 0.0754. The summed E-state index contributed by atoms with van der Waals surface area (Å²) in [5, 5.41) is 0. The van der Waals surface area contributed by atoms with Crippen molar-refractivity contribution in [3.8, 4) is 0 Å². The zero-order valence-corrected chi connectivity index (χ0v) is 12.1. The van der Waals surface area contributed by atoms with Gasteiger partial charge in [0.2, 0.25) is 10.0 Å². The minimum Gasteiger partial charge on any atom is -0.376 e. The molecular weight excluding hydrogens is 280 g/mol. The molecule has 0 aromatic heterocycles. The van der Waals surface area contributed by atoms with E-state index in [1.165, 1.54) is 0 Å². The lowest BCUT2D eigenvalue weighted by atomic mass is 10.1. The molecule has 0 saturated carbocycles. The Kier molecular flexibility index (Phi) is 5.50. The number of nitrogens with two attached hydrogens (primary N) is 1. The van der Waals surface area contributed by atoms with E-state index >= 15 is 0 Å². The Bertz CT molecular complexity index is 527. The van der Waals surface area contributed by atoms with Crippen LogP contribution < -0.4 is 10.5 Å². The van der Waals surface area contributed by atoms with Crippen LogP contribution in [0.2, 0.25) is 0 Å². The van der Waals surface area contributed by atoms with Gasteiger partial charge in [0.05, 0.1) is 31.7 Å². The van der Waals surface area contributed by atoms with Crippen LogP contribution in [0.3, 0.4) is 0 Å². The topological polar surface area (TPSA) is 90.7 Å². The van der Waals surface area contributed by atoms with Crippen molar-refractivity contribution < 1.29 is 17.9 Å². The van der Waals surface area contributed by atoms with Crippen LogP contribution in [0.5, 0.6) is 0 Å². The van der Waals surface area contributed by atoms with Gasteiger partial charge in [-0.2, -0.15) is 0 Å². The van der Waals surface area contributed by atoms with Crippen molar-refractivity contribution in [2.24, 2.45) is 5.73 Å². The Hall–Kier alpha value is -0.990. The molecule has 0 aliphatic carbocycles. The van der Waals surface area contributed by atoms with Crippen LogP contribution in [0, 0.1) is 0 Å². The van der Waals surface area contributed by atoms with Gasteiger partial charge in [-0.25, -0.2) is 13.1 Å². The highest BCUT2D eigenvalue weighted by atomic mass is 32.2. The molecule has 1 heterocycles. The van der Waals surface area contributed by atoms with Gasteiger partial charge in [0.1, 0.15) is 0 Å². The molecule has 1 fully saturated rings. The first kappa shape index (κ1) is 15.4. The van der Waals surface area contributed by atoms with Crippen molar-refractivity contribution in [3.63, 3.8) is 0 Å². The molecule has 20 heavy (non-hydrogen) atoms. The maximum Gasteiger partial charge on any atom is 0.215 e. The molecule has 1 saturated heterocycles. The number of rotatable bonds is 6. The summed E-state index contributed by atoms with van der Waals surface area (Å²) in [7, 11) is -3.41. The fraction of sp³-hybridized carbons (Fsp3) is 0.538. The van der Waals surface area contributed by atoms with E-state index < -0.39 is 10.0 Å². The lowest BCUT2D eigenvalue weighted by Crippen LogP contribution is -2.40. The van der Waals surface area contributed by atoms with Gasteiger partial charge in [0.15, 0.2) is 0 Å². The Morgan fingerprint density at radius 1 is 1.25 bits per heavy atom. The smallest absolute Gasteiger partial charge is 0.215 e. The van der Waals surface area contributed by atoms with Crippen LogP contribution in [0.25, 0.3) is 0 Å². The minimum atomic E-state index is -3.41. The number of ether oxygens (including phenoxy) is 2. The van der Waals surface area contributed by atoms with E-state index in [0.29, 0.717) is 26.4 Å². The molecule has 1 unspecified atom stereocenters. The summed E-state index contributed by atoms with van der Waals surface area (Å²) < 4.78 is 37.3. The van der Waals surface area contributed by atoms with E-state index in [2.05, 4.69) is 4.72 Å². The zero-order chi connectivity index (χ0) is 14.4. The summed E-state index contributed by atoms with van der Waals surface area (Å²) >= 11 is 0. The summed E-state index contributed by atoms with van der Waals surface area (Å²) in [4.78, 5) is 0. The van der Waals surface area contributed by atoms with E-state index in [1.54, 1.807) is 6.07 Å². The molecular formula is C13H20N2O4S. The largest absolute Gasteiger partial charge is 0.376 e. The van der Waals surface area contributed by atoms with Crippen molar-refractivity contribution in [2.75, 3.05) is 26.4 Å². The fourth-order valence-electron chi connectivity index (χ4n) is 2.03. The van der Waals surface area contributed by atoms with E-state index in [0.717, 1.165) is 11.1 Å². The zero-order valence-electron chi connectivity index (χ0n) is 11.2. The van der Waals surface area contributed by atoms with E-state index in [9.17, 15) is 8.42 Å². The summed E-state index contributed by atoms with van der Waals surface area (Å²) in [5.74, 6) is -0.0754. The lowest BCUT2D eigenvalue weighted by molar-refractivity contribution is -0.0847. The Labute approximate surface area is 119 Å². The lowest BCUT2D eigenvalue weighted by Gasteiger charge is -2.23. The van der Waals surface area contributed by atoms with Crippen LogP contribution in [0.4, 0.5) is 0 Å². The SMILES string of the molecule is NCc1ccccc1CS(=O)(=O)NCC1COCCO1. The average Bonchev–Trinajstić information content (AvgIpc) is 2.47. The molecule has 0 bridgehead atoms. The molecule has 7 heteroatoms. The second kappa shape index (κ2) is 7.14. The van der Waals surface area contributed by atoms with Crippen molar-refractivity contribution in [2.45, 2.75) is 18.4 Å². The van der Waals surface area contributed by atoms with Crippen LogP contribution in [0.1, 0.15) is 11.1 Å². The fourth-order valence-corrected chi connectivity index (χ4v) is 3.26. The van der Waals surface area contributed by atoms with E-state index in [1.807, 2.05) is 18.2 Å². The molecule has 1 aliphatic rings. The summed E-state index contributed by atoms with van der Waals surface area (Å²) in [5.41, 5.74) is 7.18.